The maximum absolute atomic E-state index is 5.66. The molecule has 1 aromatic carbocycles. The standard InChI is InChI=1S/C17H25N5O2S/c1-4-10-24-15-8-7-14(12-16(15)23-5-2)13-18-9-6-11-25-17-19-20-21-22(17)3/h4,7-8,12,18H,1,5-6,9-11,13H2,2-3H3. The van der Waals surface area contributed by atoms with Gasteiger partial charge in [-0.25, -0.2) is 4.68 Å². The molecular formula is C17H25N5O2S. The second-order valence-electron chi connectivity index (χ2n) is 5.28. The number of aromatic nitrogens is 4. The summed E-state index contributed by atoms with van der Waals surface area (Å²) in [5, 5.41) is 15.7. The molecule has 0 unspecified atom stereocenters. The fourth-order valence-corrected chi connectivity index (χ4v) is 2.92. The zero-order valence-electron chi connectivity index (χ0n) is 14.8. The quantitative estimate of drug-likeness (QED) is 0.353. The molecule has 1 heterocycles. The van der Waals surface area contributed by atoms with Crippen molar-refractivity contribution in [1.82, 2.24) is 25.5 Å². The van der Waals surface area contributed by atoms with Crippen LogP contribution in [0, 0.1) is 0 Å². The number of tetrazole rings is 1. The van der Waals surface area contributed by atoms with Crippen molar-refractivity contribution in [2.75, 3.05) is 25.5 Å². The number of benzene rings is 1. The summed E-state index contributed by atoms with van der Waals surface area (Å²) in [6, 6.07) is 6.02. The highest BCUT2D eigenvalue weighted by Crippen LogP contribution is 2.28. The Bertz CT molecular complexity index is 662. The van der Waals surface area contributed by atoms with E-state index in [1.165, 1.54) is 5.56 Å². The molecule has 0 aliphatic rings. The van der Waals surface area contributed by atoms with Gasteiger partial charge in [-0.15, -0.1) is 5.10 Å². The summed E-state index contributed by atoms with van der Waals surface area (Å²) in [4.78, 5) is 0. The van der Waals surface area contributed by atoms with E-state index in [0.29, 0.717) is 13.2 Å². The van der Waals surface area contributed by atoms with Crippen molar-refractivity contribution in [2.45, 2.75) is 25.0 Å². The van der Waals surface area contributed by atoms with Crippen LogP contribution in [0.5, 0.6) is 11.5 Å². The molecule has 2 rings (SSSR count). The average molecular weight is 363 g/mol. The molecule has 0 saturated carbocycles. The number of thioether (sulfide) groups is 1. The SMILES string of the molecule is C=CCOc1ccc(CNCCCSc2nnnn2C)cc1OCC. The van der Waals surface area contributed by atoms with E-state index in [-0.39, 0.29) is 0 Å². The summed E-state index contributed by atoms with van der Waals surface area (Å²) >= 11 is 1.66. The highest BCUT2D eigenvalue weighted by molar-refractivity contribution is 7.99. The number of nitrogens with one attached hydrogen (secondary N) is 1. The van der Waals surface area contributed by atoms with Gasteiger partial charge in [-0.3, -0.25) is 0 Å². The van der Waals surface area contributed by atoms with Crippen molar-refractivity contribution < 1.29 is 9.47 Å². The van der Waals surface area contributed by atoms with E-state index < -0.39 is 0 Å². The van der Waals surface area contributed by atoms with Crippen LogP contribution >= 0.6 is 11.8 Å². The molecule has 0 fully saturated rings. The molecule has 0 radical (unpaired) electrons. The van der Waals surface area contributed by atoms with Crippen LogP contribution < -0.4 is 14.8 Å². The van der Waals surface area contributed by atoms with E-state index >= 15 is 0 Å². The lowest BCUT2D eigenvalue weighted by Crippen LogP contribution is -2.15. The van der Waals surface area contributed by atoms with Gasteiger partial charge in [0.05, 0.1) is 6.61 Å². The Kier molecular flexibility index (Phi) is 8.27. The third-order valence-corrected chi connectivity index (χ3v) is 4.40. The lowest BCUT2D eigenvalue weighted by Gasteiger charge is -2.13. The number of rotatable bonds is 12. The normalized spacial score (nSPS) is 10.6. The fraction of sp³-hybridized carbons (Fsp3) is 0.471. The summed E-state index contributed by atoms with van der Waals surface area (Å²) < 4.78 is 13.0. The van der Waals surface area contributed by atoms with Crippen molar-refractivity contribution in [3.05, 3.63) is 36.4 Å². The van der Waals surface area contributed by atoms with Crippen molar-refractivity contribution in [2.24, 2.45) is 7.05 Å². The molecule has 1 aromatic heterocycles. The van der Waals surface area contributed by atoms with E-state index in [1.807, 2.05) is 32.2 Å². The second kappa shape index (κ2) is 10.7. The molecule has 0 saturated heterocycles. The van der Waals surface area contributed by atoms with Crippen molar-refractivity contribution in [3.63, 3.8) is 0 Å². The van der Waals surface area contributed by atoms with E-state index in [4.69, 9.17) is 9.47 Å². The summed E-state index contributed by atoms with van der Waals surface area (Å²) in [5.41, 5.74) is 1.17. The molecule has 8 heteroatoms. The van der Waals surface area contributed by atoms with Crippen LogP contribution in [0.15, 0.2) is 36.0 Å². The zero-order chi connectivity index (χ0) is 17.9. The monoisotopic (exact) mass is 363 g/mol. The molecule has 0 spiro atoms. The first kappa shape index (κ1) is 19.3. The molecular weight excluding hydrogens is 338 g/mol. The maximum Gasteiger partial charge on any atom is 0.209 e. The van der Waals surface area contributed by atoms with Crippen LogP contribution in [-0.2, 0) is 13.6 Å². The summed E-state index contributed by atoms with van der Waals surface area (Å²) in [5.74, 6) is 2.49. The first-order valence-corrected chi connectivity index (χ1v) is 9.28. The molecule has 0 bridgehead atoms. The lowest BCUT2D eigenvalue weighted by atomic mass is 10.2. The van der Waals surface area contributed by atoms with Crippen LogP contribution in [0.25, 0.3) is 0 Å². The molecule has 25 heavy (non-hydrogen) atoms. The molecule has 7 nitrogen and oxygen atoms in total. The minimum atomic E-state index is 0.469. The molecule has 0 atom stereocenters. The number of nitrogens with zero attached hydrogens (tertiary/aromatic N) is 4. The summed E-state index contributed by atoms with van der Waals surface area (Å²) in [7, 11) is 1.85. The zero-order valence-corrected chi connectivity index (χ0v) is 15.6. The highest BCUT2D eigenvalue weighted by atomic mass is 32.2. The van der Waals surface area contributed by atoms with Crippen molar-refractivity contribution in [1.29, 1.82) is 0 Å². The van der Waals surface area contributed by atoms with E-state index in [9.17, 15) is 0 Å². The predicted octanol–water partition coefficient (Wildman–Crippen LogP) is 2.45. The Labute approximate surface area is 152 Å². The van der Waals surface area contributed by atoms with Crippen LogP contribution in [0.3, 0.4) is 0 Å². The number of aryl methyl sites for hydroxylation is 1. The van der Waals surface area contributed by atoms with E-state index in [0.717, 1.165) is 41.9 Å². The van der Waals surface area contributed by atoms with Gasteiger partial charge in [-0.05, 0) is 48.0 Å². The smallest absolute Gasteiger partial charge is 0.209 e. The van der Waals surface area contributed by atoms with Crippen molar-refractivity contribution in [3.8, 4) is 11.5 Å². The van der Waals surface area contributed by atoms with E-state index in [2.05, 4.69) is 27.4 Å². The Morgan fingerprint density at radius 3 is 2.92 bits per heavy atom. The van der Waals surface area contributed by atoms with E-state index in [1.54, 1.807) is 22.5 Å². The molecule has 1 N–H and O–H groups in total. The minimum absolute atomic E-state index is 0.469. The Hall–Kier alpha value is -2.06. The van der Waals surface area contributed by atoms with Gasteiger partial charge < -0.3 is 14.8 Å². The third kappa shape index (κ3) is 6.39. The van der Waals surface area contributed by atoms with Crippen LogP contribution in [0.2, 0.25) is 0 Å². The lowest BCUT2D eigenvalue weighted by molar-refractivity contribution is 0.296. The predicted molar refractivity (Wildman–Crippen MR) is 99.1 cm³/mol. The molecule has 0 aliphatic heterocycles. The third-order valence-electron chi connectivity index (χ3n) is 3.30. The number of hydrogen-bond donors (Lipinski definition) is 1. The topological polar surface area (TPSA) is 74.1 Å². The van der Waals surface area contributed by atoms with Gasteiger partial charge in [-0.2, -0.15) is 0 Å². The summed E-state index contributed by atoms with van der Waals surface area (Å²) in [6.07, 6.45) is 2.76. The minimum Gasteiger partial charge on any atom is -0.490 e. The van der Waals surface area contributed by atoms with Gasteiger partial charge in [0.15, 0.2) is 11.5 Å². The second-order valence-corrected chi connectivity index (χ2v) is 6.34. The molecule has 0 amide bonds. The van der Waals surface area contributed by atoms with Gasteiger partial charge in [0, 0.05) is 19.3 Å². The largest absolute Gasteiger partial charge is 0.490 e. The summed E-state index contributed by atoms with van der Waals surface area (Å²) in [6.45, 7) is 8.42. The van der Waals surface area contributed by atoms with Crippen LogP contribution in [0.1, 0.15) is 18.9 Å². The van der Waals surface area contributed by atoms with Gasteiger partial charge in [-0.1, -0.05) is 30.5 Å². The average Bonchev–Trinajstić information content (AvgIpc) is 3.02. The Balaban J connectivity index is 1.73. The van der Waals surface area contributed by atoms with Crippen LogP contribution in [-0.4, -0.2) is 45.7 Å². The fourth-order valence-electron chi connectivity index (χ4n) is 2.14. The van der Waals surface area contributed by atoms with Gasteiger partial charge in [0.1, 0.15) is 6.61 Å². The molecule has 2 aromatic rings. The first-order chi connectivity index (χ1) is 12.2. The molecule has 136 valence electrons. The Morgan fingerprint density at radius 1 is 1.32 bits per heavy atom. The first-order valence-electron chi connectivity index (χ1n) is 8.30. The maximum atomic E-state index is 5.66. The van der Waals surface area contributed by atoms with Crippen LogP contribution in [0.4, 0.5) is 0 Å². The van der Waals surface area contributed by atoms with Gasteiger partial charge in [0.2, 0.25) is 5.16 Å². The molecule has 0 aliphatic carbocycles. The number of ether oxygens (including phenoxy) is 2. The van der Waals surface area contributed by atoms with Gasteiger partial charge >= 0.3 is 0 Å². The Morgan fingerprint density at radius 2 is 2.20 bits per heavy atom. The highest BCUT2D eigenvalue weighted by Gasteiger charge is 2.06. The van der Waals surface area contributed by atoms with Gasteiger partial charge in [0.25, 0.3) is 0 Å². The number of hydrogen-bond acceptors (Lipinski definition) is 7. The van der Waals surface area contributed by atoms with Crippen molar-refractivity contribution >= 4 is 11.8 Å².